The van der Waals surface area contributed by atoms with Gasteiger partial charge >= 0.3 is 0 Å². The van der Waals surface area contributed by atoms with E-state index in [-0.39, 0.29) is 20.7 Å². The molecule has 0 saturated heterocycles. The second kappa shape index (κ2) is 2.06. The largest absolute Gasteiger partial charge is 0.346 e. The van der Waals surface area contributed by atoms with E-state index in [1.165, 1.54) is 3.57 Å². The molecular formula is C6H5IN2. The van der Waals surface area contributed by atoms with Crippen LogP contribution in [0.15, 0.2) is 17.3 Å². The van der Waals surface area contributed by atoms with Gasteiger partial charge in [-0.3, -0.25) is 0 Å². The standard InChI is InChI=1S/C6H5IN2/c1-3-8-6-5(1)7-2-4-9-6/h1-4H,(H,8,9). The average molecular weight is 232 g/mol. The first-order valence-electron chi connectivity index (χ1n) is 2.63. The number of hydrogen-bond donors (Lipinski definition) is 1. The number of fused-ring (bicyclic) bond motifs is 1. The molecule has 0 unspecified atom stereocenters. The summed E-state index contributed by atoms with van der Waals surface area (Å²) in [6.45, 7) is 0. The van der Waals surface area contributed by atoms with E-state index >= 15 is 0 Å². The number of aromatic nitrogens is 1. The fourth-order valence-electron chi connectivity index (χ4n) is 0.727. The first-order chi connectivity index (χ1) is 4.47. The third-order valence-corrected chi connectivity index (χ3v) is 3.34. The normalized spacial score (nSPS) is 14.7. The van der Waals surface area contributed by atoms with E-state index in [2.05, 4.69) is 20.1 Å². The van der Waals surface area contributed by atoms with Crippen molar-refractivity contribution in [2.24, 2.45) is 4.99 Å². The fraction of sp³-hybridized carbons (Fsp3) is 0. The number of nitrogens with zero attached hydrogens (tertiary/aromatic N) is 1. The number of aliphatic imine (C=N–C) groups is 1. The summed E-state index contributed by atoms with van der Waals surface area (Å²) in [6.07, 6.45) is 3.83. The Morgan fingerprint density at radius 3 is 3.44 bits per heavy atom. The van der Waals surface area contributed by atoms with Crippen molar-refractivity contribution in [3.05, 3.63) is 15.8 Å². The minimum atomic E-state index is 0.127. The van der Waals surface area contributed by atoms with E-state index < -0.39 is 0 Å². The molecule has 0 saturated carbocycles. The lowest BCUT2D eigenvalue weighted by atomic mass is 10.6. The van der Waals surface area contributed by atoms with Crippen LogP contribution in [0.2, 0.25) is 0 Å². The van der Waals surface area contributed by atoms with Crippen LogP contribution >= 0.6 is 20.7 Å². The molecule has 0 aromatic carbocycles. The van der Waals surface area contributed by atoms with Gasteiger partial charge in [0, 0.05) is 12.4 Å². The summed E-state index contributed by atoms with van der Waals surface area (Å²) in [5.74, 6) is 1.06. The van der Waals surface area contributed by atoms with Gasteiger partial charge in [-0.1, -0.05) is 20.7 Å². The third kappa shape index (κ3) is 0.849. The second-order valence-electron chi connectivity index (χ2n) is 1.69. The van der Waals surface area contributed by atoms with E-state index in [9.17, 15) is 0 Å². The summed E-state index contributed by atoms with van der Waals surface area (Å²) in [4.78, 5) is 7.21. The molecule has 0 amide bonds. The smallest absolute Gasteiger partial charge is 0.143 e. The van der Waals surface area contributed by atoms with Crippen LogP contribution in [0.5, 0.6) is 0 Å². The second-order valence-corrected chi connectivity index (χ2v) is 4.19. The van der Waals surface area contributed by atoms with Crippen LogP contribution in [-0.4, -0.2) is 15.2 Å². The van der Waals surface area contributed by atoms with E-state index in [1.54, 1.807) is 0 Å². The number of aromatic amines is 1. The fourth-order valence-corrected chi connectivity index (χ4v) is 2.41. The summed E-state index contributed by atoms with van der Waals surface area (Å²) < 4.78 is 3.56. The van der Waals surface area contributed by atoms with Crippen LogP contribution < -0.4 is 0 Å². The van der Waals surface area contributed by atoms with Crippen LogP contribution in [0.1, 0.15) is 0 Å². The Morgan fingerprint density at radius 2 is 2.56 bits per heavy atom. The Kier molecular flexibility index (Phi) is 1.22. The lowest BCUT2D eigenvalue weighted by molar-refractivity contribution is 1.34. The zero-order chi connectivity index (χ0) is 6.10. The molecule has 1 aliphatic heterocycles. The number of hydrogen-bond acceptors (Lipinski definition) is 1. The van der Waals surface area contributed by atoms with E-state index in [4.69, 9.17) is 0 Å². The molecule has 2 rings (SSSR count). The van der Waals surface area contributed by atoms with Crippen LogP contribution in [0.3, 0.4) is 0 Å². The third-order valence-electron chi connectivity index (χ3n) is 1.12. The number of nitrogens with one attached hydrogen (secondary N) is 1. The van der Waals surface area contributed by atoms with Crippen molar-refractivity contribution in [3.63, 3.8) is 0 Å². The maximum Gasteiger partial charge on any atom is 0.143 e. The maximum atomic E-state index is 4.14. The quantitative estimate of drug-likeness (QED) is 0.659. The molecule has 0 radical (unpaired) electrons. The molecule has 1 aromatic rings. The zero-order valence-corrected chi connectivity index (χ0v) is 6.79. The molecule has 46 valence electrons. The Labute approximate surface area is 62.8 Å². The predicted molar refractivity (Wildman–Crippen MR) is 47.7 cm³/mol. The first-order valence-corrected chi connectivity index (χ1v) is 4.96. The highest BCUT2D eigenvalue weighted by Gasteiger charge is 1.99. The van der Waals surface area contributed by atoms with Gasteiger partial charge in [0.1, 0.15) is 5.82 Å². The molecule has 3 heteroatoms. The van der Waals surface area contributed by atoms with Crippen molar-refractivity contribution in [1.82, 2.24) is 4.98 Å². The van der Waals surface area contributed by atoms with Gasteiger partial charge in [0.05, 0.1) is 3.57 Å². The van der Waals surface area contributed by atoms with Gasteiger partial charge in [-0.2, -0.15) is 0 Å². The molecule has 1 aliphatic rings. The Hall–Kier alpha value is -0.450. The SMILES string of the molecule is C1=Nc2[nH]ccc2I=C1. The highest BCUT2D eigenvalue weighted by molar-refractivity contribution is 14.2. The molecule has 0 atom stereocenters. The summed E-state index contributed by atoms with van der Waals surface area (Å²) >= 11 is 0.127. The highest BCUT2D eigenvalue weighted by Crippen LogP contribution is 2.24. The van der Waals surface area contributed by atoms with Gasteiger partial charge < -0.3 is 4.98 Å². The number of H-pyrrole nitrogens is 1. The molecule has 9 heavy (non-hydrogen) atoms. The molecule has 1 N–H and O–H groups in total. The highest BCUT2D eigenvalue weighted by atomic mass is 127. The van der Waals surface area contributed by atoms with Gasteiger partial charge in [-0.25, -0.2) is 4.99 Å². The first kappa shape index (κ1) is 5.34. The summed E-state index contributed by atoms with van der Waals surface area (Å²) in [6, 6.07) is 2.11. The lowest BCUT2D eigenvalue weighted by Gasteiger charge is -1.92. The molecule has 2 heterocycles. The minimum absolute atomic E-state index is 0.127. The van der Waals surface area contributed by atoms with E-state index in [0.29, 0.717) is 0 Å². The predicted octanol–water partition coefficient (Wildman–Crippen LogP) is 1.67. The van der Waals surface area contributed by atoms with Gasteiger partial charge in [-0.05, 0) is 10.1 Å². The van der Waals surface area contributed by atoms with Gasteiger partial charge in [0.15, 0.2) is 0 Å². The Morgan fingerprint density at radius 1 is 1.56 bits per heavy atom. The summed E-state index contributed by atoms with van der Waals surface area (Å²) in [5.41, 5.74) is 0. The molecule has 2 nitrogen and oxygen atoms in total. The molecule has 0 spiro atoms. The van der Waals surface area contributed by atoms with E-state index in [0.717, 1.165) is 5.82 Å². The van der Waals surface area contributed by atoms with Crippen molar-refractivity contribution < 1.29 is 0 Å². The van der Waals surface area contributed by atoms with Gasteiger partial charge in [0.2, 0.25) is 0 Å². The van der Waals surface area contributed by atoms with Gasteiger partial charge in [-0.15, -0.1) is 0 Å². The van der Waals surface area contributed by atoms with Crippen LogP contribution in [-0.2, 0) is 0 Å². The Balaban J connectivity index is 2.68. The molecule has 1 aromatic heterocycles. The average Bonchev–Trinajstić information content (AvgIpc) is 2.33. The molecule has 0 fully saturated rings. The maximum absolute atomic E-state index is 4.14. The van der Waals surface area contributed by atoms with Gasteiger partial charge in [0.25, 0.3) is 0 Å². The van der Waals surface area contributed by atoms with Crippen molar-refractivity contribution in [2.75, 3.05) is 0 Å². The summed E-state index contributed by atoms with van der Waals surface area (Å²) in [7, 11) is 0. The van der Waals surface area contributed by atoms with E-state index in [1.807, 2.05) is 12.4 Å². The minimum Gasteiger partial charge on any atom is -0.346 e. The summed E-state index contributed by atoms with van der Waals surface area (Å²) in [5, 5.41) is 0. The topological polar surface area (TPSA) is 28.1 Å². The zero-order valence-electron chi connectivity index (χ0n) is 4.63. The van der Waals surface area contributed by atoms with Crippen molar-refractivity contribution in [1.29, 1.82) is 0 Å². The van der Waals surface area contributed by atoms with Crippen LogP contribution in [0.25, 0.3) is 0 Å². The monoisotopic (exact) mass is 232 g/mol. The number of rotatable bonds is 0. The molecular weight excluding hydrogens is 227 g/mol. The Bertz CT molecular complexity index is 246. The van der Waals surface area contributed by atoms with Crippen LogP contribution in [0.4, 0.5) is 5.82 Å². The lowest BCUT2D eigenvalue weighted by Crippen LogP contribution is -1.78. The van der Waals surface area contributed by atoms with Crippen molar-refractivity contribution in [2.45, 2.75) is 0 Å². The van der Waals surface area contributed by atoms with Crippen molar-refractivity contribution >= 4 is 36.8 Å². The van der Waals surface area contributed by atoms with Crippen molar-refractivity contribution in [3.8, 4) is 0 Å². The van der Waals surface area contributed by atoms with Crippen LogP contribution in [0, 0.1) is 3.57 Å². The molecule has 0 aliphatic carbocycles. The number of halogens is 1. The molecule has 0 bridgehead atoms.